The van der Waals surface area contributed by atoms with E-state index < -0.39 is 0 Å². The van der Waals surface area contributed by atoms with Crippen LogP contribution in [0.3, 0.4) is 0 Å². The first-order valence-electron chi connectivity index (χ1n) is 6.97. The van der Waals surface area contributed by atoms with Gasteiger partial charge in [-0.05, 0) is 18.8 Å². The van der Waals surface area contributed by atoms with Gasteiger partial charge in [-0.15, -0.1) is 0 Å². The Hall–Kier alpha value is -1.08. The van der Waals surface area contributed by atoms with Crippen molar-refractivity contribution in [3.63, 3.8) is 0 Å². The van der Waals surface area contributed by atoms with Crippen molar-refractivity contribution >= 4 is 5.91 Å². The molecule has 102 valence electrons. The molecule has 1 amide bonds. The zero-order valence-electron chi connectivity index (χ0n) is 11.6. The van der Waals surface area contributed by atoms with E-state index in [1.165, 1.54) is 0 Å². The molecule has 2 N–H and O–H groups in total. The van der Waals surface area contributed by atoms with E-state index in [1.807, 2.05) is 4.90 Å². The van der Waals surface area contributed by atoms with Crippen molar-refractivity contribution in [2.45, 2.75) is 52.0 Å². The molecule has 0 aromatic rings. The monoisotopic (exact) mass is 251 g/mol. The summed E-state index contributed by atoms with van der Waals surface area (Å²) >= 11 is 0. The standard InChI is InChI=1S/C14H25N3O/c1-11(2)10-17(9-5-8-15)14(18)12-6-3-4-7-13(12)16/h11-13H,3-7,9-10,16H2,1-2H3. The molecule has 0 heterocycles. The summed E-state index contributed by atoms with van der Waals surface area (Å²) in [5, 5.41) is 8.68. The minimum Gasteiger partial charge on any atom is -0.341 e. The molecule has 0 radical (unpaired) electrons. The van der Waals surface area contributed by atoms with Crippen molar-refractivity contribution in [1.29, 1.82) is 5.26 Å². The van der Waals surface area contributed by atoms with E-state index in [0.717, 1.165) is 32.2 Å². The van der Waals surface area contributed by atoms with Gasteiger partial charge in [0.15, 0.2) is 0 Å². The second-order valence-electron chi connectivity index (χ2n) is 5.64. The minimum atomic E-state index is -0.0313. The van der Waals surface area contributed by atoms with Gasteiger partial charge in [0.25, 0.3) is 0 Å². The first-order valence-corrected chi connectivity index (χ1v) is 6.97. The molecular formula is C14H25N3O. The predicted octanol–water partition coefficient (Wildman–Crippen LogP) is 1.90. The fourth-order valence-corrected chi connectivity index (χ4v) is 2.62. The Kier molecular flexibility index (Phi) is 6.14. The highest BCUT2D eigenvalue weighted by molar-refractivity contribution is 5.79. The number of nitriles is 1. The van der Waals surface area contributed by atoms with Gasteiger partial charge in [0.2, 0.25) is 5.91 Å². The van der Waals surface area contributed by atoms with Gasteiger partial charge in [0.05, 0.1) is 18.4 Å². The summed E-state index contributed by atoms with van der Waals surface area (Å²) in [6.45, 7) is 5.45. The van der Waals surface area contributed by atoms with Crippen LogP contribution in [0.4, 0.5) is 0 Å². The zero-order chi connectivity index (χ0) is 13.5. The van der Waals surface area contributed by atoms with E-state index in [-0.39, 0.29) is 17.9 Å². The fourth-order valence-electron chi connectivity index (χ4n) is 2.62. The van der Waals surface area contributed by atoms with Crippen molar-refractivity contribution in [2.24, 2.45) is 17.6 Å². The summed E-state index contributed by atoms with van der Waals surface area (Å²) in [7, 11) is 0. The highest BCUT2D eigenvalue weighted by Gasteiger charge is 2.31. The van der Waals surface area contributed by atoms with Crippen molar-refractivity contribution in [2.75, 3.05) is 13.1 Å². The first kappa shape index (κ1) is 15.0. The Balaban J connectivity index is 2.64. The molecule has 0 aromatic heterocycles. The molecule has 1 fully saturated rings. The number of amides is 1. The van der Waals surface area contributed by atoms with Crippen LogP contribution in [-0.4, -0.2) is 29.9 Å². The summed E-state index contributed by atoms with van der Waals surface area (Å²) in [6.07, 6.45) is 4.48. The van der Waals surface area contributed by atoms with Crippen LogP contribution in [0.15, 0.2) is 0 Å². The molecule has 0 saturated heterocycles. The molecule has 1 aliphatic rings. The highest BCUT2D eigenvalue weighted by atomic mass is 16.2. The van der Waals surface area contributed by atoms with Crippen LogP contribution in [0, 0.1) is 23.2 Å². The van der Waals surface area contributed by atoms with E-state index in [9.17, 15) is 4.79 Å². The molecule has 18 heavy (non-hydrogen) atoms. The van der Waals surface area contributed by atoms with E-state index in [4.69, 9.17) is 11.0 Å². The molecule has 0 aromatic carbocycles. The van der Waals surface area contributed by atoms with E-state index >= 15 is 0 Å². The maximum absolute atomic E-state index is 12.5. The number of hydrogen-bond acceptors (Lipinski definition) is 3. The van der Waals surface area contributed by atoms with Crippen LogP contribution in [0.1, 0.15) is 46.0 Å². The quantitative estimate of drug-likeness (QED) is 0.811. The summed E-state index contributed by atoms with van der Waals surface area (Å²) in [4.78, 5) is 14.3. The first-order chi connectivity index (χ1) is 8.56. The molecule has 2 atom stereocenters. The second-order valence-corrected chi connectivity index (χ2v) is 5.64. The van der Waals surface area contributed by atoms with Crippen molar-refractivity contribution < 1.29 is 4.79 Å². The largest absolute Gasteiger partial charge is 0.341 e. The molecule has 1 aliphatic carbocycles. The molecule has 2 unspecified atom stereocenters. The second kappa shape index (κ2) is 7.38. The van der Waals surface area contributed by atoms with Crippen molar-refractivity contribution in [3.05, 3.63) is 0 Å². The lowest BCUT2D eigenvalue weighted by molar-refractivity contribution is -0.137. The Labute approximate surface area is 110 Å². The number of hydrogen-bond donors (Lipinski definition) is 1. The van der Waals surface area contributed by atoms with Gasteiger partial charge in [0, 0.05) is 19.1 Å². The Bertz CT molecular complexity index is 309. The molecule has 1 saturated carbocycles. The van der Waals surface area contributed by atoms with Crippen LogP contribution < -0.4 is 5.73 Å². The highest BCUT2D eigenvalue weighted by Crippen LogP contribution is 2.25. The predicted molar refractivity (Wildman–Crippen MR) is 71.6 cm³/mol. The summed E-state index contributed by atoms with van der Waals surface area (Å²) < 4.78 is 0. The number of carbonyl (C=O) groups excluding carboxylic acids is 1. The normalized spacial score (nSPS) is 23.7. The molecule has 0 spiro atoms. The van der Waals surface area contributed by atoms with E-state index in [0.29, 0.717) is 18.9 Å². The fraction of sp³-hybridized carbons (Fsp3) is 0.857. The van der Waals surface area contributed by atoms with Gasteiger partial charge in [-0.1, -0.05) is 26.7 Å². The Morgan fingerprint density at radius 3 is 2.67 bits per heavy atom. The van der Waals surface area contributed by atoms with E-state index in [1.54, 1.807) is 0 Å². The van der Waals surface area contributed by atoms with Gasteiger partial charge in [0.1, 0.15) is 0 Å². The number of carbonyl (C=O) groups is 1. The van der Waals surface area contributed by atoms with Crippen LogP contribution in [0.25, 0.3) is 0 Å². The maximum atomic E-state index is 12.5. The van der Waals surface area contributed by atoms with Gasteiger partial charge in [-0.2, -0.15) is 5.26 Å². The van der Waals surface area contributed by atoms with Gasteiger partial charge in [-0.3, -0.25) is 4.79 Å². The zero-order valence-corrected chi connectivity index (χ0v) is 11.6. The average Bonchev–Trinajstić information content (AvgIpc) is 2.34. The maximum Gasteiger partial charge on any atom is 0.227 e. The lowest BCUT2D eigenvalue weighted by Crippen LogP contribution is -2.47. The van der Waals surface area contributed by atoms with Gasteiger partial charge >= 0.3 is 0 Å². The SMILES string of the molecule is CC(C)CN(CCC#N)C(=O)C1CCCCC1N. The molecular weight excluding hydrogens is 226 g/mol. The lowest BCUT2D eigenvalue weighted by atomic mass is 9.84. The average molecular weight is 251 g/mol. The third-order valence-electron chi connectivity index (χ3n) is 3.53. The van der Waals surface area contributed by atoms with Crippen molar-refractivity contribution in [1.82, 2.24) is 4.90 Å². The molecule has 0 aliphatic heterocycles. The Morgan fingerprint density at radius 2 is 2.11 bits per heavy atom. The smallest absolute Gasteiger partial charge is 0.227 e. The van der Waals surface area contributed by atoms with Crippen LogP contribution in [-0.2, 0) is 4.79 Å². The summed E-state index contributed by atoms with van der Waals surface area (Å²) in [6, 6.07) is 2.12. The third kappa shape index (κ3) is 4.30. The Morgan fingerprint density at radius 1 is 1.44 bits per heavy atom. The van der Waals surface area contributed by atoms with Crippen LogP contribution in [0.5, 0.6) is 0 Å². The molecule has 0 bridgehead atoms. The van der Waals surface area contributed by atoms with Crippen molar-refractivity contribution in [3.8, 4) is 6.07 Å². The third-order valence-corrected chi connectivity index (χ3v) is 3.53. The van der Waals surface area contributed by atoms with Crippen LogP contribution >= 0.6 is 0 Å². The number of nitrogens with two attached hydrogens (primary N) is 1. The lowest BCUT2D eigenvalue weighted by Gasteiger charge is -2.33. The van der Waals surface area contributed by atoms with Gasteiger partial charge < -0.3 is 10.6 Å². The number of nitrogens with zero attached hydrogens (tertiary/aromatic N) is 2. The molecule has 1 rings (SSSR count). The van der Waals surface area contributed by atoms with Gasteiger partial charge in [-0.25, -0.2) is 0 Å². The molecule has 4 heteroatoms. The molecule has 4 nitrogen and oxygen atoms in total. The summed E-state index contributed by atoms with van der Waals surface area (Å²) in [5.74, 6) is 0.551. The number of rotatable bonds is 5. The topological polar surface area (TPSA) is 70.1 Å². The minimum absolute atomic E-state index is 0.00278. The summed E-state index contributed by atoms with van der Waals surface area (Å²) in [5.41, 5.74) is 6.06. The van der Waals surface area contributed by atoms with E-state index in [2.05, 4.69) is 19.9 Å². The van der Waals surface area contributed by atoms with Crippen LogP contribution in [0.2, 0.25) is 0 Å².